The normalized spacial score (nSPS) is 10.8. The van der Waals surface area contributed by atoms with Gasteiger partial charge in [0.15, 0.2) is 5.13 Å². The molecule has 1 amide bonds. The molecule has 0 saturated carbocycles. The number of benzene rings is 3. The van der Waals surface area contributed by atoms with Crippen LogP contribution in [0.3, 0.4) is 0 Å². The van der Waals surface area contributed by atoms with Crippen molar-refractivity contribution < 1.29 is 4.79 Å². The third-order valence-electron chi connectivity index (χ3n) is 4.42. The van der Waals surface area contributed by atoms with Crippen LogP contribution in [-0.4, -0.2) is 10.9 Å². The predicted molar refractivity (Wildman–Crippen MR) is 109 cm³/mol. The minimum Gasteiger partial charge on any atom is -0.298 e. The molecule has 4 heteroatoms. The van der Waals surface area contributed by atoms with Crippen molar-refractivity contribution in [2.24, 2.45) is 0 Å². The van der Waals surface area contributed by atoms with Gasteiger partial charge in [-0.05, 0) is 36.2 Å². The highest BCUT2D eigenvalue weighted by Gasteiger charge is 2.13. The van der Waals surface area contributed by atoms with E-state index in [1.165, 1.54) is 16.7 Å². The number of hydrogen-bond acceptors (Lipinski definition) is 3. The molecule has 26 heavy (non-hydrogen) atoms. The molecule has 4 rings (SSSR count). The van der Waals surface area contributed by atoms with E-state index in [1.807, 2.05) is 55.6 Å². The lowest BCUT2D eigenvalue weighted by molar-refractivity contribution is 0.102. The van der Waals surface area contributed by atoms with Gasteiger partial charge < -0.3 is 0 Å². The largest absolute Gasteiger partial charge is 0.298 e. The number of anilines is 1. The summed E-state index contributed by atoms with van der Waals surface area (Å²) in [7, 11) is 0. The third-order valence-corrected chi connectivity index (χ3v) is 5.17. The van der Waals surface area contributed by atoms with Crippen molar-refractivity contribution in [1.29, 1.82) is 0 Å². The lowest BCUT2D eigenvalue weighted by atomic mass is 10.0. The molecular formula is C22H18N2OS. The third kappa shape index (κ3) is 3.11. The SMILES string of the molecule is Cc1ccc(C(=O)Nc2nc(-c3cccc4ccccc34)cs2)c(C)c1. The average Bonchev–Trinajstić information content (AvgIpc) is 3.09. The van der Waals surface area contributed by atoms with Crippen LogP contribution >= 0.6 is 11.3 Å². The fourth-order valence-corrected chi connectivity index (χ4v) is 3.84. The van der Waals surface area contributed by atoms with Crippen molar-refractivity contribution in [3.05, 3.63) is 82.7 Å². The van der Waals surface area contributed by atoms with Crippen LogP contribution in [0.2, 0.25) is 0 Å². The molecule has 1 N–H and O–H groups in total. The first-order chi connectivity index (χ1) is 12.6. The Bertz CT molecular complexity index is 1110. The Balaban J connectivity index is 1.63. The Morgan fingerprint density at radius 2 is 1.81 bits per heavy atom. The van der Waals surface area contributed by atoms with Crippen LogP contribution in [0.5, 0.6) is 0 Å². The number of rotatable bonds is 3. The van der Waals surface area contributed by atoms with E-state index in [-0.39, 0.29) is 5.91 Å². The molecule has 128 valence electrons. The maximum Gasteiger partial charge on any atom is 0.257 e. The van der Waals surface area contributed by atoms with E-state index in [0.717, 1.165) is 27.8 Å². The van der Waals surface area contributed by atoms with Gasteiger partial charge >= 0.3 is 0 Å². The number of thiazole rings is 1. The quantitative estimate of drug-likeness (QED) is 0.500. The Morgan fingerprint density at radius 3 is 2.65 bits per heavy atom. The first kappa shape index (κ1) is 16.5. The molecule has 0 aliphatic heterocycles. The maximum absolute atomic E-state index is 12.6. The second-order valence-corrected chi connectivity index (χ2v) is 7.20. The minimum atomic E-state index is -0.124. The van der Waals surface area contributed by atoms with Crippen LogP contribution < -0.4 is 5.32 Å². The zero-order chi connectivity index (χ0) is 18.1. The number of nitrogens with zero attached hydrogens (tertiary/aromatic N) is 1. The summed E-state index contributed by atoms with van der Waals surface area (Å²) in [5.41, 5.74) is 4.74. The van der Waals surface area contributed by atoms with E-state index >= 15 is 0 Å². The summed E-state index contributed by atoms with van der Waals surface area (Å²) in [4.78, 5) is 17.2. The van der Waals surface area contributed by atoms with Crippen LogP contribution in [-0.2, 0) is 0 Å². The van der Waals surface area contributed by atoms with E-state index < -0.39 is 0 Å². The molecule has 0 radical (unpaired) electrons. The average molecular weight is 358 g/mol. The van der Waals surface area contributed by atoms with Gasteiger partial charge in [0.25, 0.3) is 5.91 Å². The fourth-order valence-electron chi connectivity index (χ4n) is 3.14. The summed E-state index contributed by atoms with van der Waals surface area (Å²) >= 11 is 1.44. The summed E-state index contributed by atoms with van der Waals surface area (Å²) in [5.74, 6) is -0.124. The zero-order valence-corrected chi connectivity index (χ0v) is 15.4. The molecule has 0 saturated heterocycles. The Morgan fingerprint density at radius 1 is 1.00 bits per heavy atom. The van der Waals surface area contributed by atoms with Crippen LogP contribution in [0, 0.1) is 13.8 Å². The number of carbonyl (C=O) groups excluding carboxylic acids is 1. The molecule has 3 nitrogen and oxygen atoms in total. The first-order valence-electron chi connectivity index (χ1n) is 8.44. The molecule has 0 bridgehead atoms. The Labute approximate surface area is 156 Å². The molecule has 0 atom stereocenters. The predicted octanol–water partition coefficient (Wildman–Crippen LogP) is 5.83. The molecule has 1 heterocycles. The van der Waals surface area contributed by atoms with Crippen LogP contribution in [0.25, 0.3) is 22.0 Å². The van der Waals surface area contributed by atoms with Gasteiger partial charge in [-0.15, -0.1) is 11.3 Å². The number of carbonyl (C=O) groups is 1. The van der Waals surface area contributed by atoms with E-state index in [1.54, 1.807) is 0 Å². The Hall–Kier alpha value is -2.98. The monoisotopic (exact) mass is 358 g/mol. The lowest BCUT2D eigenvalue weighted by Gasteiger charge is -2.06. The smallest absolute Gasteiger partial charge is 0.257 e. The van der Waals surface area contributed by atoms with E-state index in [4.69, 9.17) is 0 Å². The summed E-state index contributed by atoms with van der Waals surface area (Å²) in [6.07, 6.45) is 0. The number of aryl methyl sites for hydroxylation is 2. The highest BCUT2D eigenvalue weighted by atomic mass is 32.1. The van der Waals surface area contributed by atoms with Crippen LogP contribution in [0.15, 0.2) is 66.0 Å². The van der Waals surface area contributed by atoms with Gasteiger partial charge in [0.05, 0.1) is 5.69 Å². The van der Waals surface area contributed by atoms with Crippen molar-refractivity contribution in [2.45, 2.75) is 13.8 Å². The van der Waals surface area contributed by atoms with Crippen LogP contribution in [0.4, 0.5) is 5.13 Å². The van der Waals surface area contributed by atoms with Gasteiger partial charge in [-0.2, -0.15) is 0 Å². The van der Waals surface area contributed by atoms with Crippen molar-refractivity contribution in [3.63, 3.8) is 0 Å². The maximum atomic E-state index is 12.6. The van der Waals surface area contributed by atoms with Gasteiger partial charge in [0.2, 0.25) is 0 Å². The second kappa shape index (κ2) is 6.73. The number of fused-ring (bicyclic) bond motifs is 1. The van der Waals surface area contributed by atoms with Gasteiger partial charge in [0.1, 0.15) is 0 Å². The minimum absolute atomic E-state index is 0.124. The highest BCUT2D eigenvalue weighted by Crippen LogP contribution is 2.31. The summed E-state index contributed by atoms with van der Waals surface area (Å²) < 4.78 is 0. The van der Waals surface area contributed by atoms with Gasteiger partial charge in [-0.1, -0.05) is 60.2 Å². The van der Waals surface area contributed by atoms with Gasteiger partial charge in [-0.25, -0.2) is 4.98 Å². The molecule has 4 aromatic rings. The summed E-state index contributed by atoms with van der Waals surface area (Å²) in [6.45, 7) is 3.97. The molecule has 1 aromatic heterocycles. The molecule has 0 spiro atoms. The summed E-state index contributed by atoms with van der Waals surface area (Å²) in [6, 6.07) is 20.3. The standard InChI is InChI=1S/C22H18N2OS/c1-14-10-11-17(15(2)12-14)21(25)24-22-23-20(13-26-22)19-9-5-7-16-6-3-4-8-18(16)19/h3-13H,1-2H3,(H,23,24,25). The number of nitrogens with one attached hydrogen (secondary N) is 1. The second-order valence-electron chi connectivity index (χ2n) is 6.34. The number of amides is 1. The Kier molecular flexibility index (Phi) is 4.27. The van der Waals surface area contributed by atoms with E-state index in [2.05, 4.69) is 34.6 Å². The van der Waals surface area contributed by atoms with Crippen molar-refractivity contribution in [3.8, 4) is 11.3 Å². The fraction of sp³-hybridized carbons (Fsp3) is 0.0909. The topological polar surface area (TPSA) is 42.0 Å². The van der Waals surface area contributed by atoms with Crippen molar-refractivity contribution >= 4 is 33.1 Å². The van der Waals surface area contributed by atoms with Crippen LogP contribution in [0.1, 0.15) is 21.5 Å². The molecule has 3 aromatic carbocycles. The van der Waals surface area contributed by atoms with Gasteiger partial charge in [0, 0.05) is 16.5 Å². The van der Waals surface area contributed by atoms with Crippen molar-refractivity contribution in [2.75, 3.05) is 5.32 Å². The van der Waals surface area contributed by atoms with E-state index in [9.17, 15) is 4.79 Å². The molecule has 0 aliphatic rings. The molecule has 0 aliphatic carbocycles. The molecule has 0 unspecified atom stereocenters. The molecule has 0 fully saturated rings. The van der Waals surface area contributed by atoms with Crippen molar-refractivity contribution in [1.82, 2.24) is 4.98 Å². The summed E-state index contributed by atoms with van der Waals surface area (Å²) in [5, 5.41) is 7.86. The highest BCUT2D eigenvalue weighted by molar-refractivity contribution is 7.14. The number of hydrogen-bond donors (Lipinski definition) is 1. The zero-order valence-electron chi connectivity index (χ0n) is 14.6. The lowest BCUT2D eigenvalue weighted by Crippen LogP contribution is -2.13. The number of aromatic nitrogens is 1. The molecular weight excluding hydrogens is 340 g/mol. The first-order valence-corrected chi connectivity index (χ1v) is 9.32. The van der Waals surface area contributed by atoms with Gasteiger partial charge in [-0.3, -0.25) is 10.1 Å². The van der Waals surface area contributed by atoms with E-state index in [0.29, 0.717) is 10.7 Å².